The fourth-order valence-electron chi connectivity index (χ4n) is 2.97. The molecule has 1 aliphatic heterocycles. The van der Waals surface area contributed by atoms with Gasteiger partial charge in [-0.3, -0.25) is 4.79 Å². The summed E-state index contributed by atoms with van der Waals surface area (Å²) in [6, 6.07) is 5.64. The van der Waals surface area contributed by atoms with Crippen molar-refractivity contribution in [1.82, 2.24) is 9.88 Å². The molecule has 2 aromatic rings. The average Bonchev–Trinajstić information content (AvgIpc) is 3.03. The molecule has 140 valence electrons. The van der Waals surface area contributed by atoms with Gasteiger partial charge in [0.15, 0.2) is 5.89 Å². The van der Waals surface area contributed by atoms with Crippen molar-refractivity contribution in [3.8, 4) is 5.75 Å². The third-order valence-electron chi connectivity index (χ3n) is 4.40. The summed E-state index contributed by atoms with van der Waals surface area (Å²) in [5.41, 5.74) is 7.82. The molecule has 0 spiro atoms. The van der Waals surface area contributed by atoms with Crippen molar-refractivity contribution in [1.29, 1.82) is 0 Å². The summed E-state index contributed by atoms with van der Waals surface area (Å²) < 4.78 is 11.6. The highest BCUT2D eigenvalue weighted by molar-refractivity contribution is 5.97. The van der Waals surface area contributed by atoms with Gasteiger partial charge in [0, 0.05) is 24.9 Å². The van der Waals surface area contributed by atoms with Crippen molar-refractivity contribution in [3.63, 3.8) is 0 Å². The molecular formula is C20H27N3O3. The lowest BCUT2D eigenvalue weighted by atomic mass is 9.97. The number of carbonyl (C=O) groups excluding carboxylic acids is 1. The number of nitrogens with two attached hydrogens (primary N) is 1. The molecule has 26 heavy (non-hydrogen) atoms. The quantitative estimate of drug-likeness (QED) is 0.910. The van der Waals surface area contributed by atoms with Gasteiger partial charge in [-0.2, -0.15) is 0 Å². The minimum absolute atomic E-state index is 0.0494. The number of nitrogens with zero attached hydrogens (tertiary/aromatic N) is 2. The Morgan fingerprint density at radius 3 is 2.85 bits per heavy atom. The minimum Gasteiger partial charge on any atom is -0.491 e. The molecule has 0 unspecified atom stereocenters. The summed E-state index contributed by atoms with van der Waals surface area (Å²) in [5.74, 6) is 2.14. The number of aryl methyl sites for hydroxylation is 1. The molecular weight excluding hydrogens is 330 g/mol. The van der Waals surface area contributed by atoms with Crippen molar-refractivity contribution in [2.24, 2.45) is 5.73 Å². The van der Waals surface area contributed by atoms with Gasteiger partial charge in [0.2, 0.25) is 0 Å². The number of fused-ring (bicyclic) bond motifs is 1. The molecule has 0 bridgehead atoms. The van der Waals surface area contributed by atoms with Gasteiger partial charge >= 0.3 is 0 Å². The van der Waals surface area contributed by atoms with Crippen LogP contribution in [0.5, 0.6) is 5.75 Å². The first kappa shape index (κ1) is 18.5. The number of oxazole rings is 1. The van der Waals surface area contributed by atoms with Crippen molar-refractivity contribution < 1.29 is 13.9 Å². The van der Waals surface area contributed by atoms with Gasteiger partial charge in [-0.05, 0) is 19.1 Å². The van der Waals surface area contributed by atoms with Gasteiger partial charge in [-0.25, -0.2) is 4.98 Å². The summed E-state index contributed by atoms with van der Waals surface area (Å²) >= 11 is 0. The monoisotopic (exact) mass is 357 g/mol. The van der Waals surface area contributed by atoms with Gasteiger partial charge in [0.1, 0.15) is 23.8 Å². The zero-order valence-electron chi connectivity index (χ0n) is 16.0. The molecule has 1 aliphatic rings. The van der Waals surface area contributed by atoms with Crippen molar-refractivity contribution in [2.45, 2.75) is 46.1 Å². The number of aromatic nitrogens is 1. The van der Waals surface area contributed by atoms with Crippen LogP contribution >= 0.6 is 0 Å². The predicted molar refractivity (Wildman–Crippen MR) is 99.4 cm³/mol. The largest absolute Gasteiger partial charge is 0.491 e. The SMILES string of the molecule is Cc1ccc(OCCN)c(C(=O)N2CCc3oc(C(C)(C)C)nc3C2)c1. The van der Waals surface area contributed by atoms with Gasteiger partial charge in [0.25, 0.3) is 5.91 Å². The van der Waals surface area contributed by atoms with E-state index in [0.717, 1.165) is 22.9 Å². The summed E-state index contributed by atoms with van der Waals surface area (Å²) in [5, 5.41) is 0. The lowest BCUT2D eigenvalue weighted by molar-refractivity contribution is 0.0723. The van der Waals surface area contributed by atoms with Gasteiger partial charge < -0.3 is 19.8 Å². The lowest BCUT2D eigenvalue weighted by Crippen LogP contribution is -2.36. The summed E-state index contributed by atoms with van der Waals surface area (Å²) in [6.45, 7) is 10.0. The Morgan fingerprint density at radius 1 is 1.38 bits per heavy atom. The van der Waals surface area contributed by atoms with E-state index in [1.807, 2.05) is 25.1 Å². The first-order valence-corrected chi connectivity index (χ1v) is 9.01. The van der Waals surface area contributed by atoms with E-state index in [1.54, 1.807) is 4.90 Å². The lowest BCUT2D eigenvalue weighted by Gasteiger charge is -2.26. The average molecular weight is 357 g/mol. The number of rotatable bonds is 4. The second kappa shape index (κ2) is 7.11. The summed E-state index contributed by atoms with van der Waals surface area (Å²) in [7, 11) is 0. The van der Waals surface area contributed by atoms with Crippen LogP contribution in [0.4, 0.5) is 0 Å². The van der Waals surface area contributed by atoms with Crippen molar-refractivity contribution >= 4 is 5.91 Å². The Labute approximate surface area is 154 Å². The van der Waals surface area contributed by atoms with E-state index in [4.69, 9.17) is 14.9 Å². The first-order chi connectivity index (χ1) is 12.3. The van der Waals surface area contributed by atoms with Gasteiger partial charge in [-0.1, -0.05) is 32.4 Å². The van der Waals surface area contributed by atoms with Crippen LogP contribution in [0.1, 0.15) is 54.0 Å². The van der Waals surface area contributed by atoms with Crippen LogP contribution in [-0.2, 0) is 18.4 Å². The Kier molecular flexibility index (Phi) is 5.05. The first-order valence-electron chi connectivity index (χ1n) is 9.01. The van der Waals surface area contributed by atoms with Crippen LogP contribution in [0.3, 0.4) is 0 Å². The molecule has 2 N–H and O–H groups in total. The molecule has 1 aromatic carbocycles. The Bertz CT molecular complexity index is 805. The van der Waals surface area contributed by atoms with Crippen molar-refractivity contribution in [3.05, 3.63) is 46.7 Å². The highest BCUT2D eigenvalue weighted by Crippen LogP contribution is 2.29. The molecule has 0 atom stereocenters. The molecule has 0 fully saturated rings. The van der Waals surface area contributed by atoms with E-state index in [0.29, 0.717) is 44.0 Å². The topological polar surface area (TPSA) is 81.6 Å². The van der Waals surface area contributed by atoms with E-state index in [-0.39, 0.29) is 11.3 Å². The molecule has 6 heteroatoms. The molecule has 0 saturated heterocycles. The zero-order valence-corrected chi connectivity index (χ0v) is 16.0. The molecule has 6 nitrogen and oxygen atoms in total. The summed E-state index contributed by atoms with van der Waals surface area (Å²) in [4.78, 5) is 19.5. The van der Waals surface area contributed by atoms with E-state index < -0.39 is 0 Å². The number of hydrogen-bond acceptors (Lipinski definition) is 5. The molecule has 1 aromatic heterocycles. The van der Waals surface area contributed by atoms with E-state index in [1.165, 1.54) is 0 Å². The molecule has 0 radical (unpaired) electrons. The smallest absolute Gasteiger partial charge is 0.257 e. The van der Waals surface area contributed by atoms with Gasteiger partial charge in [0.05, 0.1) is 12.1 Å². The van der Waals surface area contributed by atoms with Crippen LogP contribution < -0.4 is 10.5 Å². The second-order valence-electron chi connectivity index (χ2n) is 7.75. The molecule has 3 rings (SSSR count). The Morgan fingerprint density at radius 2 is 2.15 bits per heavy atom. The number of amides is 1. The highest BCUT2D eigenvalue weighted by atomic mass is 16.5. The van der Waals surface area contributed by atoms with Crippen LogP contribution in [0.25, 0.3) is 0 Å². The predicted octanol–water partition coefficient (Wildman–Crippen LogP) is 2.82. The van der Waals surface area contributed by atoms with E-state index in [2.05, 4.69) is 25.8 Å². The fraction of sp³-hybridized carbons (Fsp3) is 0.500. The molecule has 2 heterocycles. The van der Waals surface area contributed by atoms with Crippen LogP contribution in [-0.4, -0.2) is 35.5 Å². The van der Waals surface area contributed by atoms with Crippen LogP contribution in [0.2, 0.25) is 0 Å². The third-order valence-corrected chi connectivity index (χ3v) is 4.40. The Balaban J connectivity index is 1.84. The van der Waals surface area contributed by atoms with Crippen LogP contribution in [0, 0.1) is 6.92 Å². The minimum atomic E-state index is -0.147. The maximum absolute atomic E-state index is 13.1. The van der Waals surface area contributed by atoms with Gasteiger partial charge in [-0.15, -0.1) is 0 Å². The standard InChI is InChI=1S/C20H27N3O3/c1-13-5-6-16(25-10-8-21)14(11-13)18(24)23-9-7-17-15(12-23)22-19(26-17)20(2,3)4/h5-6,11H,7-10,12,21H2,1-4H3. The molecule has 1 amide bonds. The van der Waals surface area contributed by atoms with Crippen LogP contribution in [0.15, 0.2) is 22.6 Å². The Hall–Kier alpha value is -2.34. The number of ether oxygens (including phenoxy) is 1. The fourth-order valence-corrected chi connectivity index (χ4v) is 2.97. The number of hydrogen-bond donors (Lipinski definition) is 1. The normalized spacial score (nSPS) is 14.3. The second-order valence-corrected chi connectivity index (χ2v) is 7.75. The van der Waals surface area contributed by atoms with E-state index >= 15 is 0 Å². The summed E-state index contributed by atoms with van der Waals surface area (Å²) in [6.07, 6.45) is 0.676. The molecule has 0 aliphatic carbocycles. The number of carbonyl (C=O) groups is 1. The maximum atomic E-state index is 13.1. The highest BCUT2D eigenvalue weighted by Gasteiger charge is 2.30. The third kappa shape index (κ3) is 3.75. The van der Waals surface area contributed by atoms with Crippen molar-refractivity contribution in [2.75, 3.05) is 19.7 Å². The maximum Gasteiger partial charge on any atom is 0.257 e. The molecule has 0 saturated carbocycles. The zero-order chi connectivity index (χ0) is 18.9. The number of benzene rings is 1. The van der Waals surface area contributed by atoms with E-state index in [9.17, 15) is 4.79 Å².